The predicted octanol–water partition coefficient (Wildman–Crippen LogP) is 3.35. The third-order valence-corrected chi connectivity index (χ3v) is 3.53. The zero-order chi connectivity index (χ0) is 13.4. The summed E-state index contributed by atoms with van der Waals surface area (Å²) in [4.78, 5) is 0. The molecule has 1 saturated heterocycles. The average molecular weight is 258 g/mol. The van der Waals surface area contributed by atoms with E-state index >= 15 is 0 Å². The summed E-state index contributed by atoms with van der Waals surface area (Å²) >= 11 is 0. The van der Waals surface area contributed by atoms with Gasteiger partial charge in [0.25, 0.3) is 0 Å². The van der Waals surface area contributed by atoms with Crippen molar-refractivity contribution in [3.8, 4) is 0 Å². The number of rotatable bonds is 9. The fourth-order valence-corrected chi connectivity index (χ4v) is 2.66. The molecule has 3 nitrogen and oxygen atoms in total. The first-order valence-corrected chi connectivity index (χ1v) is 7.49. The first-order valence-electron chi connectivity index (χ1n) is 7.49. The van der Waals surface area contributed by atoms with Crippen molar-refractivity contribution in [1.29, 1.82) is 0 Å². The second kappa shape index (κ2) is 8.89. The van der Waals surface area contributed by atoms with E-state index in [2.05, 4.69) is 20.8 Å². The quantitative estimate of drug-likeness (QED) is 0.645. The molecular formula is C15H30O3. The van der Waals surface area contributed by atoms with Crippen LogP contribution >= 0.6 is 0 Å². The van der Waals surface area contributed by atoms with Crippen LogP contribution in [0.3, 0.4) is 0 Å². The largest absolute Gasteiger partial charge is 0.394 e. The maximum atomic E-state index is 8.92. The van der Waals surface area contributed by atoms with E-state index in [0.717, 1.165) is 24.7 Å². The monoisotopic (exact) mass is 258 g/mol. The summed E-state index contributed by atoms with van der Waals surface area (Å²) in [5, 5.41) is 8.92. The molecule has 0 aromatic carbocycles. The molecule has 0 amide bonds. The van der Waals surface area contributed by atoms with Gasteiger partial charge in [0, 0.05) is 0 Å². The highest BCUT2D eigenvalue weighted by Crippen LogP contribution is 2.20. The van der Waals surface area contributed by atoms with Crippen molar-refractivity contribution >= 4 is 0 Å². The van der Waals surface area contributed by atoms with Gasteiger partial charge in [-0.2, -0.15) is 0 Å². The van der Waals surface area contributed by atoms with Crippen LogP contribution in [0.4, 0.5) is 0 Å². The van der Waals surface area contributed by atoms with Crippen LogP contribution in [0, 0.1) is 11.8 Å². The lowest BCUT2D eigenvalue weighted by molar-refractivity contribution is -0.0702. The summed E-state index contributed by atoms with van der Waals surface area (Å²) in [5.41, 5.74) is 0. The summed E-state index contributed by atoms with van der Waals surface area (Å²) in [6, 6.07) is 0. The summed E-state index contributed by atoms with van der Waals surface area (Å²) < 4.78 is 11.0. The van der Waals surface area contributed by atoms with E-state index in [1.165, 1.54) is 25.7 Å². The van der Waals surface area contributed by atoms with Crippen molar-refractivity contribution < 1.29 is 14.6 Å². The number of hydrogen-bond donors (Lipinski definition) is 1. The van der Waals surface area contributed by atoms with E-state index in [1.807, 2.05) is 0 Å². The minimum atomic E-state index is -0.0962. The first-order chi connectivity index (χ1) is 8.61. The zero-order valence-corrected chi connectivity index (χ0v) is 12.2. The molecule has 1 aliphatic heterocycles. The number of aliphatic hydroxyl groups excluding tert-OH is 1. The van der Waals surface area contributed by atoms with Crippen LogP contribution in [-0.2, 0) is 9.47 Å². The predicted molar refractivity (Wildman–Crippen MR) is 73.4 cm³/mol. The Morgan fingerprint density at radius 2 is 1.94 bits per heavy atom. The lowest BCUT2D eigenvalue weighted by Gasteiger charge is -2.14. The van der Waals surface area contributed by atoms with Gasteiger partial charge in [0.2, 0.25) is 0 Å². The average Bonchev–Trinajstić information content (AvgIpc) is 2.75. The van der Waals surface area contributed by atoms with E-state index in [0.29, 0.717) is 6.61 Å². The van der Waals surface area contributed by atoms with Crippen molar-refractivity contribution in [3.63, 3.8) is 0 Å². The lowest BCUT2D eigenvalue weighted by atomic mass is 9.93. The van der Waals surface area contributed by atoms with Crippen LogP contribution in [0.1, 0.15) is 59.3 Å². The number of unbranched alkanes of at least 4 members (excludes halogenated alkanes) is 2. The molecule has 1 aliphatic rings. The van der Waals surface area contributed by atoms with E-state index in [9.17, 15) is 0 Å². The highest BCUT2D eigenvalue weighted by molar-refractivity contribution is 4.64. The molecule has 108 valence electrons. The van der Waals surface area contributed by atoms with Gasteiger partial charge in [0.1, 0.15) is 6.10 Å². The normalized spacial score (nSPS) is 25.8. The molecule has 0 saturated carbocycles. The molecule has 3 unspecified atom stereocenters. The maximum Gasteiger partial charge on any atom is 0.158 e. The van der Waals surface area contributed by atoms with E-state index < -0.39 is 0 Å². The minimum Gasteiger partial charge on any atom is -0.394 e. The summed E-state index contributed by atoms with van der Waals surface area (Å²) in [6.45, 7) is 7.57. The second-order valence-corrected chi connectivity index (χ2v) is 6.08. The van der Waals surface area contributed by atoms with E-state index in [-0.39, 0.29) is 19.0 Å². The first kappa shape index (κ1) is 15.9. The van der Waals surface area contributed by atoms with Gasteiger partial charge in [-0.25, -0.2) is 0 Å². The molecule has 18 heavy (non-hydrogen) atoms. The lowest BCUT2D eigenvalue weighted by Crippen LogP contribution is -2.16. The molecule has 1 heterocycles. The minimum absolute atomic E-state index is 0.0726. The number of hydrogen-bond acceptors (Lipinski definition) is 3. The molecule has 0 bridgehead atoms. The molecule has 0 spiro atoms. The van der Waals surface area contributed by atoms with Gasteiger partial charge in [-0.3, -0.25) is 0 Å². The number of ether oxygens (including phenoxy) is 2. The summed E-state index contributed by atoms with van der Waals surface area (Å²) in [5.74, 6) is 1.67. The number of aliphatic hydroxyl groups is 1. The van der Waals surface area contributed by atoms with Gasteiger partial charge < -0.3 is 14.6 Å². The molecular weight excluding hydrogens is 228 g/mol. The fraction of sp³-hybridized carbons (Fsp3) is 1.00. The van der Waals surface area contributed by atoms with Crippen LogP contribution in [0.2, 0.25) is 0 Å². The van der Waals surface area contributed by atoms with Gasteiger partial charge >= 0.3 is 0 Å². The Morgan fingerprint density at radius 1 is 1.17 bits per heavy atom. The SMILES string of the molecule is CC(C)CC(C)CCCCCC1OCC(CO)O1. The van der Waals surface area contributed by atoms with Crippen LogP contribution in [0.5, 0.6) is 0 Å². The van der Waals surface area contributed by atoms with E-state index in [4.69, 9.17) is 14.6 Å². The third kappa shape index (κ3) is 6.72. The zero-order valence-electron chi connectivity index (χ0n) is 12.2. The Balaban J connectivity index is 1.93. The fourth-order valence-electron chi connectivity index (χ4n) is 2.66. The van der Waals surface area contributed by atoms with Crippen molar-refractivity contribution in [3.05, 3.63) is 0 Å². The molecule has 0 aromatic rings. The standard InChI is InChI=1S/C15H30O3/c1-12(2)9-13(3)7-5-4-6-8-15-17-11-14(10-16)18-15/h12-16H,4-11H2,1-3H3. The topological polar surface area (TPSA) is 38.7 Å². The van der Waals surface area contributed by atoms with Crippen LogP contribution < -0.4 is 0 Å². The molecule has 0 aromatic heterocycles. The summed E-state index contributed by atoms with van der Waals surface area (Å²) in [7, 11) is 0. The second-order valence-electron chi connectivity index (χ2n) is 6.08. The molecule has 0 radical (unpaired) electrons. The molecule has 3 heteroatoms. The third-order valence-electron chi connectivity index (χ3n) is 3.53. The highest BCUT2D eigenvalue weighted by atomic mass is 16.7. The molecule has 1 rings (SSSR count). The molecule has 3 atom stereocenters. The molecule has 0 aliphatic carbocycles. The molecule has 1 N–H and O–H groups in total. The van der Waals surface area contributed by atoms with Crippen molar-refractivity contribution in [2.24, 2.45) is 11.8 Å². The van der Waals surface area contributed by atoms with Crippen LogP contribution in [0.25, 0.3) is 0 Å². The van der Waals surface area contributed by atoms with Gasteiger partial charge in [-0.05, 0) is 31.1 Å². The van der Waals surface area contributed by atoms with Gasteiger partial charge in [0.15, 0.2) is 6.29 Å². The van der Waals surface area contributed by atoms with Crippen LogP contribution in [-0.4, -0.2) is 30.7 Å². The van der Waals surface area contributed by atoms with Gasteiger partial charge in [-0.1, -0.05) is 40.0 Å². The Kier molecular flexibility index (Phi) is 7.87. The maximum absolute atomic E-state index is 8.92. The Labute approximate surface area is 112 Å². The Hall–Kier alpha value is -0.120. The van der Waals surface area contributed by atoms with E-state index in [1.54, 1.807) is 0 Å². The van der Waals surface area contributed by atoms with Gasteiger partial charge in [-0.15, -0.1) is 0 Å². The van der Waals surface area contributed by atoms with Crippen LogP contribution in [0.15, 0.2) is 0 Å². The smallest absolute Gasteiger partial charge is 0.158 e. The van der Waals surface area contributed by atoms with Gasteiger partial charge in [0.05, 0.1) is 13.2 Å². The van der Waals surface area contributed by atoms with Crippen molar-refractivity contribution in [2.75, 3.05) is 13.2 Å². The summed E-state index contributed by atoms with van der Waals surface area (Å²) in [6.07, 6.45) is 7.21. The van der Waals surface area contributed by atoms with Crippen molar-refractivity contribution in [2.45, 2.75) is 71.7 Å². The highest BCUT2D eigenvalue weighted by Gasteiger charge is 2.24. The Morgan fingerprint density at radius 3 is 2.56 bits per heavy atom. The molecule has 1 fully saturated rings. The Bertz CT molecular complexity index is 206. The van der Waals surface area contributed by atoms with Crippen molar-refractivity contribution in [1.82, 2.24) is 0 Å².